The van der Waals surface area contributed by atoms with Crippen LogP contribution in [0.15, 0.2) is 10.9 Å². The van der Waals surface area contributed by atoms with Gasteiger partial charge in [0, 0.05) is 18.4 Å². The number of thiazole rings is 1. The zero-order valence-electron chi connectivity index (χ0n) is 7.19. The molecule has 2 rings (SSSR count). The molecule has 0 bridgehead atoms. The summed E-state index contributed by atoms with van der Waals surface area (Å²) in [6.45, 7) is 1.26. The molecule has 1 aliphatic rings. The molecule has 1 aromatic rings. The lowest BCUT2D eigenvalue weighted by Crippen LogP contribution is -2.21. The highest BCUT2D eigenvalue weighted by Crippen LogP contribution is 2.31. The van der Waals surface area contributed by atoms with Crippen molar-refractivity contribution < 1.29 is 4.74 Å². The molecule has 1 aliphatic heterocycles. The Kier molecular flexibility index (Phi) is 2.30. The number of rotatable bonds is 2. The van der Waals surface area contributed by atoms with Gasteiger partial charge in [0.25, 0.3) is 0 Å². The summed E-state index contributed by atoms with van der Waals surface area (Å²) in [5.41, 5.74) is 2.50. The topological polar surface area (TPSA) is 45.9 Å². The Morgan fingerprint density at radius 1 is 1.77 bits per heavy atom. The van der Waals surface area contributed by atoms with Crippen LogP contribution in [0.3, 0.4) is 0 Å². The molecule has 68 valence electrons. The molecule has 1 saturated heterocycles. The van der Waals surface area contributed by atoms with E-state index in [1.807, 2.05) is 5.38 Å². The van der Waals surface area contributed by atoms with Crippen molar-refractivity contribution in [3.63, 3.8) is 0 Å². The maximum absolute atomic E-state index is 9.06. The third kappa shape index (κ3) is 1.71. The molecule has 1 unspecified atom stereocenters. The van der Waals surface area contributed by atoms with Crippen molar-refractivity contribution in [3.05, 3.63) is 16.6 Å². The maximum Gasteiger partial charge on any atom is 0.0884 e. The first-order valence-corrected chi connectivity index (χ1v) is 5.15. The Morgan fingerprint density at radius 3 is 3.23 bits per heavy atom. The Balaban J connectivity index is 2.11. The molecular weight excluding hydrogens is 184 g/mol. The van der Waals surface area contributed by atoms with Crippen molar-refractivity contribution in [2.45, 2.75) is 12.8 Å². The quantitative estimate of drug-likeness (QED) is 0.718. The molecule has 0 N–H and O–H groups in total. The van der Waals surface area contributed by atoms with Crippen LogP contribution in [0.1, 0.15) is 12.1 Å². The fourth-order valence-electron chi connectivity index (χ4n) is 1.55. The van der Waals surface area contributed by atoms with Crippen molar-refractivity contribution in [1.29, 1.82) is 5.26 Å². The number of nitrogens with zero attached hydrogens (tertiary/aromatic N) is 2. The molecule has 2 heterocycles. The molecule has 1 aromatic heterocycles. The van der Waals surface area contributed by atoms with Gasteiger partial charge >= 0.3 is 0 Å². The van der Waals surface area contributed by atoms with Gasteiger partial charge in [0.05, 0.1) is 29.3 Å². The van der Waals surface area contributed by atoms with E-state index in [2.05, 4.69) is 11.1 Å². The average molecular weight is 194 g/mol. The van der Waals surface area contributed by atoms with Crippen LogP contribution in [-0.2, 0) is 11.2 Å². The normalized spacial score (nSPS) is 27.3. The summed E-state index contributed by atoms with van der Waals surface area (Å²) >= 11 is 1.57. The first kappa shape index (κ1) is 8.67. The highest BCUT2D eigenvalue weighted by molar-refractivity contribution is 7.07. The van der Waals surface area contributed by atoms with E-state index in [0.717, 1.165) is 18.5 Å². The molecule has 3 nitrogen and oxygen atoms in total. The predicted octanol–water partition coefficient (Wildman–Crippen LogP) is 1.62. The molecular formula is C9H10N2OS. The van der Waals surface area contributed by atoms with Crippen LogP contribution in [0.5, 0.6) is 0 Å². The van der Waals surface area contributed by atoms with Crippen molar-refractivity contribution in [1.82, 2.24) is 4.98 Å². The summed E-state index contributed by atoms with van der Waals surface area (Å²) in [4.78, 5) is 4.18. The fraction of sp³-hybridized carbons (Fsp3) is 0.556. The second-order valence-corrected chi connectivity index (χ2v) is 4.07. The van der Waals surface area contributed by atoms with Gasteiger partial charge in [0.15, 0.2) is 0 Å². The van der Waals surface area contributed by atoms with E-state index >= 15 is 0 Å². The molecule has 13 heavy (non-hydrogen) atoms. The Bertz CT molecular complexity index is 309. The van der Waals surface area contributed by atoms with Gasteiger partial charge in [-0.2, -0.15) is 5.26 Å². The van der Waals surface area contributed by atoms with Crippen molar-refractivity contribution >= 4 is 11.3 Å². The fourth-order valence-corrected chi connectivity index (χ4v) is 2.10. The van der Waals surface area contributed by atoms with Gasteiger partial charge in [0.1, 0.15) is 0 Å². The zero-order valence-corrected chi connectivity index (χ0v) is 8.01. The minimum Gasteiger partial charge on any atom is -0.380 e. The highest BCUT2D eigenvalue weighted by atomic mass is 32.1. The first-order chi connectivity index (χ1) is 6.35. The number of aromatic nitrogens is 1. The van der Waals surface area contributed by atoms with E-state index in [0.29, 0.717) is 13.2 Å². The van der Waals surface area contributed by atoms with Crippen molar-refractivity contribution in [2.75, 3.05) is 13.2 Å². The lowest BCUT2D eigenvalue weighted by Gasteiger charge is -2.15. The van der Waals surface area contributed by atoms with Gasteiger partial charge in [0.2, 0.25) is 0 Å². The van der Waals surface area contributed by atoms with Crippen LogP contribution in [0.4, 0.5) is 0 Å². The number of nitriles is 1. The zero-order chi connectivity index (χ0) is 9.15. The Morgan fingerprint density at radius 2 is 2.69 bits per heavy atom. The summed E-state index contributed by atoms with van der Waals surface area (Å²) in [5, 5.41) is 11.1. The summed E-state index contributed by atoms with van der Waals surface area (Å²) in [6, 6.07) is 2.36. The monoisotopic (exact) mass is 194 g/mol. The van der Waals surface area contributed by atoms with Crippen LogP contribution in [0, 0.1) is 16.7 Å². The molecule has 1 fully saturated rings. The van der Waals surface area contributed by atoms with Crippen LogP contribution in [0.2, 0.25) is 0 Å². The van der Waals surface area contributed by atoms with Gasteiger partial charge in [-0.3, -0.25) is 0 Å². The molecule has 0 aromatic carbocycles. The lowest BCUT2D eigenvalue weighted by molar-refractivity contribution is 0.171. The predicted molar refractivity (Wildman–Crippen MR) is 49.3 cm³/mol. The van der Waals surface area contributed by atoms with Crippen LogP contribution >= 0.6 is 11.3 Å². The van der Waals surface area contributed by atoms with Crippen molar-refractivity contribution in [2.24, 2.45) is 5.41 Å². The van der Waals surface area contributed by atoms with Crippen LogP contribution in [0.25, 0.3) is 0 Å². The van der Waals surface area contributed by atoms with E-state index in [1.165, 1.54) is 0 Å². The van der Waals surface area contributed by atoms with E-state index in [4.69, 9.17) is 10.00 Å². The summed E-state index contributed by atoms with van der Waals surface area (Å²) < 4.78 is 5.25. The Hall–Kier alpha value is -0.920. The summed E-state index contributed by atoms with van der Waals surface area (Å²) in [6.07, 6.45) is 1.56. The largest absolute Gasteiger partial charge is 0.380 e. The third-order valence-electron chi connectivity index (χ3n) is 2.34. The molecule has 0 aliphatic carbocycles. The van der Waals surface area contributed by atoms with Gasteiger partial charge in [-0.1, -0.05) is 0 Å². The van der Waals surface area contributed by atoms with Gasteiger partial charge in [-0.25, -0.2) is 4.98 Å². The van der Waals surface area contributed by atoms with E-state index < -0.39 is 0 Å². The van der Waals surface area contributed by atoms with E-state index in [1.54, 1.807) is 16.8 Å². The molecule has 0 spiro atoms. The van der Waals surface area contributed by atoms with E-state index in [9.17, 15) is 0 Å². The maximum atomic E-state index is 9.06. The Labute approximate surface area is 81.0 Å². The second-order valence-electron chi connectivity index (χ2n) is 3.35. The SMILES string of the molecule is N#CC1(Cc2cscn2)CCOC1. The number of ether oxygens (including phenoxy) is 1. The van der Waals surface area contributed by atoms with Crippen LogP contribution in [-0.4, -0.2) is 18.2 Å². The van der Waals surface area contributed by atoms with E-state index in [-0.39, 0.29) is 5.41 Å². The first-order valence-electron chi connectivity index (χ1n) is 4.21. The van der Waals surface area contributed by atoms with Gasteiger partial charge in [-0.15, -0.1) is 11.3 Å². The minimum atomic E-state index is -0.311. The van der Waals surface area contributed by atoms with Gasteiger partial charge < -0.3 is 4.74 Å². The minimum absolute atomic E-state index is 0.311. The molecule has 1 atom stereocenters. The van der Waals surface area contributed by atoms with Crippen LogP contribution < -0.4 is 0 Å². The smallest absolute Gasteiger partial charge is 0.0884 e. The molecule has 4 heteroatoms. The highest BCUT2D eigenvalue weighted by Gasteiger charge is 2.35. The number of hydrogen-bond acceptors (Lipinski definition) is 4. The van der Waals surface area contributed by atoms with Gasteiger partial charge in [-0.05, 0) is 6.42 Å². The third-order valence-corrected chi connectivity index (χ3v) is 2.98. The standard InChI is InChI=1S/C9H10N2OS/c10-5-9(1-2-12-6-9)3-8-4-13-7-11-8/h4,7H,1-3,6H2. The van der Waals surface area contributed by atoms with Crippen molar-refractivity contribution in [3.8, 4) is 6.07 Å². The summed E-state index contributed by atoms with van der Waals surface area (Å²) in [5.74, 6) is 0. The lowest BCUT2D eigenvalue weighted by atomic mass is 9.84. The summed E-state index contributed by atoms with van der Waals surface area (Å²) in [7, 11) is 0. The molecule has 0 radical (unpaired) electrons. The average Bonchev–Trinajstić information content (AvgIpc) is 2.77. The molecule has 0 saturated carbocycles. The number of hydrogen-bond donors (Lipinski definition) is 0. The molecule has 0 amide bonds. The second kappa shape index (κ2) is 3.44.